The van der Waals surface area contributed by atoms with Crippen LogP contribution in [-0.4, -0.2) is 87.1 Å². The molecule has 0 saturated carbocycles. The summed E-state index contributed by atoms with van der Waals surface area (Å²) in [5.41, 5.74) is -1.30. The monoisotopic (exact) mass is 506 g/mol. The summed E-state index contributed by atoms with van der Waals surface area (Å²) in [5, 5.41) is 4.66. The fourth-order valence-electron chi connectivity index (χ4n) is 2.26. The van der Waals surface area contributed by atoms with E-state index in [-0.39, 0.29) is 26.3 Å². The molecule has 12 nitrogen and oxygen atoms in total. The fraction of sp³-hybridized carbons (Fsp3) is 0.826. The number of amides is 2. The molecule has 0 aromatic carbocycles. The minimum atomic E-state index is -0.697. The summed E-state index contributed by atoms with van der Waals surface area (Å²) in [7, 11) is 0. The molecule has 204 valence electrons. The van der Waals surface area contributed by atoms with Gasteiger partial charge < -0.3 is 39.1 Å². The third kappa shape index (κ3) is 21.7. The molecule has 12 heteroatoms. The normalized spacial score (nSPS) is 13.3. The molecule has 0 aliphatic heterocycles. The molecular formula is C23H42N2O10. The van der Waals surface area contributed by atoms with Crippen molar-refractivity contribution in [3.05, 3.63) is 0 Å². The van der Waals surface area contributed by atoms with Crippen molar-refractivity contribution in [1.82, 2.24) is 10.6 Å². The zero-order chi connectivity index (χ0) is 27.1. The molecule has 0 heterocycles. The van der Waals surface area contributed by atoms with E-state index in [1.165, 1.54) is 0 Å². The van der Waals surface area contributed by atoms with Crippen LogP contribution < -0.4 is 10.6 Å². The van der Waals surface area contributed by atoms with Gasteiger partial charge in [-0.25, -0.2) is 9.59 Å². The highest BCUT2D eigenvalue weighted by Gasteiger charge is 2.19. The molecule has 0 saturated heterocycles. The van der Waals surface area contributed by atoms with Gasteiger partial charge in [0.2, 0.25) is 0 Å². The average molecular weight is 507 g/mol. The summed E-state index contributed by atoms with van der Waals surface area (Å²) < 4.78 is 31.2. The molecule has 2 atom stereocenters. The van der Waals surface area contributed by atoms with Crippen molar-refractivity contribution in [2.45, 2.75) is 85.2 Å². The number of nitrogens with one attached hydrogen (secondary N) is 2. The number of hydrogen-bond acceptors (Lipinski definition) is 10. The van der Waals surface area contributed by atoms with Crippen molar-refractivity contribution in [2.24, 2.45) is 0 Å². The molecule has 0 fully saturated rings. The van der Waals surface area contributed by atoms with E-state index in [0.717, 1.165) is 0 Å². The molecule has 2 N–H and O–H groups in total. The van der Waals surface area contributed by atoms with Gasteiger partial charge in [0, 0.05) is 6.42 Å². The Bertz CT molecular complexity index is 614. The highest BCUT2D eigenvalue weighted by molar-refractivity contribution is 5.78. The van der Waals surface area contributed by atoms with Crippen LogP contribution in [0.15, 0.2) is 0 Å². The lowest BCUT2D eigenvalue weighted by Crippen LogP contribution is -2.37. The lowest BCUT2D eigenvalue weighted by atomic mass is 10.2. The van der Waals surface area contributed by atoms with Crippen LogP contribution in [0, 0.1) is 0 Å². The van der Waals surface area contributed by atoms with Gasteiger partial charge in [-0.15, -0.1) is 0 Å². The first kappa shape index (κ1) is 32.4. The Morgan fingerprint density at radius 2 is 1.09 bits per heavy atom. The van der Waals surface area contributed by atoms with Crippen LogP contribution in [-0.2, 0) is 38.0 Å². The zero-order valence-corrected chi connectivity index (χ0v) is 22.2. The molecule has 0 bridgehead atoms. The Kier molecular flexibility index (Phi) is 14.9. The van der Waals surface area contributed by atoms with Crippen molar-refractivity contribution < 1.29 is 47.6 Å². The quantitative estimate of drug-likeness (QED) is 0.204. The van der Waals surface area contributed by atoms with Crippen molar-refractivity contribution in [1.29, 1.82) is 0 Å². The molecule has 2 unspecified atom stereocenters. The van der Waals surface area contributed by atoms with E-state index in [4.69, 9.17) is 28.4 Å². The average Bonchev–Trinajstić information content (AvgIpc) is 2.67. The van der Waals surface area contributed by atoms with E-state index in [0.29, 0.717) is 19.6 Å². The summed E-state index contributed by atoms with van der Waals surface area (Å²) in [6.45, 7) is 14.2. The number of carbonyl (C=O) groups is 4. The van der Waals surface area contributed by atoms with Gasteiger partial charge in [0.25, 0.3) is 0 Å². The fourth-order valence-corrected chi connectivity index (χ4v) is 2.26. The van der Waals surface area contributed by atoms with Crippen molar-refractivity contribution in [3.63, 3.8) is 0 Å². The minimum Gasteiger partial charge on any atom is -0.461 e. The Labute approximate surface area is 207 Å². The number of ether oxygens (including phenoxy) is 6. The molecule has 0 rings (SSSR count). The third-order valence-corrected chi connectivity index (χ3v) is 3.61. The molecule has 2 amide bonds. The Hall–Kier alpha value is -2.60. The van der Waals surface area contributed by atoms with E-state index < -0.39 is 47.5 Å². The van der Waals surface area contributed by atoms with Gasteiger partial charge >= 0.3 is 24.1 Å². The molecular weight excluding hydrogens is 464 g/mol. The second-order valence-corrected chi connectivity index (χ2v) is 9.79. The maximum atomic E-state index is 11.8. The topological polar surface area (TPSA) is 148 Å². The Morgan fingerprint density at radius 3 is 1.54 bits per heavy atom. The van der Waals surface area contributed by atoms with Gasteiger partial charge in [-0.1, -0.05) is 0 Å². The molecule has 0 aliphatic rings. The van der Waals surface area contributed by atoms with E-state index >= 15 is 0 Å². The summed E-state index contributed by atoms with van der Waals surface area (Å²) in [6.07, 6.45) is -1.81. The first-order valence-corrected chi connectivity index (χ1v) is 11.6. The molecule has 0 aromatic rings. The van der Waals surface area contributed by atoms with Crippen LogP contribution in [0.25, 0.3) is 0 Å². The number of rotatable bonds is 14. The van der Waals surface area contributed by atoms with Gasteiger partial charge in [-0.2, -0.15) is 0 Å². The predicted octanol–water partition coefficient (Wildman–Crippen LogP) is 2.32. The molecule has 35 heavy (non-hydrogen) atoms. The van der Waals surface area contributed by atoms with Gasteiger partial charge in [-0.3, -0.25) is 9.59 Å². The summed E-state index contributed by atoms with van der Waals surface area (Å²) in [5.74, 6) is -1.18. The number of hydrogen-bond donors (Lipinski definition) is 2. The maximum Gasteiger partial charge on any atom is 0.408 e. The van der Waals surface area contributed by atoms with Crippen LogP contribution in [0.1, 0.15) is 61.8 Å². The molecule has 0 aliphatic carbocycles. The second kappa shape index (κ2) is 16.1. The summed E-state index contributed by atoms with van der Waals surface area (Å²) in [4.78, 5) is 46.5. The lowest BCUT2D eigenvalue weighted by Gasteiger charge is -2.20. The summed E-state index contributed by atoms with van der Waals surface area (Å²) in [6, 6.07) is 0. The maximum absolute atomic E-state index is 11.8. The van der Waals surface area contributed by atoms with E-state index in [1.807, 2.05) is 0 Å². The highest BCUT2D eigenvalue weighted by atomic mass is 16.6. The van der Waals surface area contributed by atoms with Crippen LogP contribution in [0.5, 0.6) is 0 Å². The first-order chi connectivity index (χ1) is 16.1. The Balaban J connectivity index is 3.77. The first-order valence-electron chi connectivity index (χ1n) is 11.6. The predicted molar refractivity (Wildman–Crippen MR) is 126 cm³/mol. The largest absolute Gasteiger partial charge is 0.461 e. The SMILES string of the molecule is CC(CCOCCOCC(C)OC(=O)CNC(=O)OC(C)(C)C)OC(=O)CNC(=O)OC(C)(C)C. The number of esters is 2. The molecule has 0 spiro atoms. The lowest BCUT2D eigenvalue weighted by molar-refractivity contribution is -0.150. The van der Waals surface area contributed by atoms with E-state index in [1.54, 1.807) is 55.4 Å². The van der Waals surface area contributed by atoms with Gasteiger partial charge in [-0.05, 0) is 55.4 Å². The standard InChI is InChI=1S/C23H42N2O10/c1-16(32-18(26)13-24-20(28)34-22(3,4)5)9-10-30-11-12-31-15-17(2)33-19(27)14-25-21(29)35-23(6,7)8/h16-17H,9-15H2,1-8H3,(H,24,28)(H,25,29). The van der Waals surface area contributed by atoms with Crippen LogP contribution in [0.4, 0.5) is 9.59 Å². The van der Waals surface area contributed by atoms with Crippen molar-refractivity contribution >= 4 is 24.1 Å². The molecule has 0 radical (unpaired) electrons. The van der Waals surface area contributed by atoms with E-state index in [2.05, 4.69) is 10.6 Å². The molecule has 0 aromatic heterocycles. The van der Waals surface area contributed by atoms with Gasteiger partial charge in [0.1, 0.15) is 36.5 Å². The van der Waals surface area contributed by atoms with Crippen LogP contribution in [0.3, 0.4) is 0 Å². The zero-order valence-electron chi connectivity index (χ0n) is 22.2. The summed E-state index contributed by atoms with van der Waals surface area (Å²) >= 11 is 0. The van der Waals surface area contributed by atoms with Gasteiger partial charge in [0.15, 0.2) is 0 Å². The van der Waals surface area contributed by atoms with Crippen molar-refractivity contribution in [3.8, 4) is 0 Å². The third-order valence-electron chi connectivity index (χ3n) is 3.61. The van der Waals surface area contributed by atoms with Crippen LogP contribution >= 0.6 is 0 Å². The van der Waals surface area contributed by atoms with E-state index in [9.17, 15) is 19.2 Å². The highest BCUT2D eigenvalue weighted by Crippen LogP contribution is 2.07. The van der Waals surface area contributed by atoms with Crippen LogP contribution in [0.2, 0.25) is 0 Å². The number of alkyl carbamates (subject to hydrolysis) is 2. The second-order valence-electron chi connectivity index (χ2n) is 9.79. The minimum absolute atomic E-state index is 0.167. The number of carbonyl (C=O) groups excluding carboxylic acids is 4. The van der Waals surface area contributed by atoms with Crippen molar-refractivity contribution in [2.75, 3.05) is 39.5 Å². The smallest absolute Gasteiger partial charge is 0.408 e. The van der Waals surface area contributed by atoms with Gasteiger partial charge in [0.05, 0.1) is 26.4 Å². The Morgan fingerprint density at radius 1 is 0.657 bits per heavy atom.